The Bertz CT molecular complexity index is 184. The number of hydrogen-bond donors (Lipinski definition) is 3. The molecule has 14 heavy (non-hydrogen) atoms. The molecule has 0 heterocycles. The van der Waals surface area contributed by atoms with Gasteiger partial charge >= 0.3 is 5.97 Å². The number of carboxylic acid groups (broad SMARTS) is 1. The number of aliphatic carboxylic acids is 1. The number of amides is 1. The highest BCUT2D eigenvalue weighted by Crippen LogP contribution is 1.73. The summed E-state index contributed by atoms with van der Waals surface area (Å²) < 4.78 is 4.72. The van der Waals surface area contributed by atoms with Crippen LogP contribution in [0.2, 0.25) is 0 Å². The van der Waals surface area contributed by atoms with E-state index in [0.717, 1.165) is 6.54 Å². The van der Waals surface area contributed by atoms with Gasteiger partial charge in [-0.3, -0.25) is 4.79 Å². The van der Waals surface area contributed by atoms with E-state index in [2.05, 4.69) is 10.6 Å². The van der Waals surface area contributed by atoms with Crippen molar-refractivity contribution in [2.75, 3.05) is 32.8 Å². The van der Waals surface area contributed by atoms with Gasteiger partial charge < -0.3 is 20.5 Å². The summed E-state index contributed by atoms with van der Waals surface area (Å²) in [7, 11) is 0. The van der Waals surface area contributed by atoms with Gasteiger partial charge in [-0.1, -0.05) is 6.92 Å². The van der Waals surface area contributed by atoms with Crippen LogP contribution in [0.15, 0.2) is 0 Å². The SMILES string of the molecule is CCNCC(=O)NCCOCC(=O)O. The number of nitrogens with one attached hydrogen (secondary N) is 2. The fourth-order valence-corrected chi connectivity index (χ4v) is 0.723. The Balaban J connectivity index is 3.19. The summed E-state index contributed by atoms with van der Waals surface area (Å²) in [6, 6.07) is 0. The quantitative estimate of drug-likeness (QED) is 0.433. The van der Waals surface area contributed by atoms with Gasteiger partial charge in [0.15, 0.2) is 0 Å². The van der Waals surface area contributed by atoms with Crippen molar-refractivity contribution in [3.05, 3.63) is 0 Å². The molecule has 0 saturated heterocycles. The Labute approximate surface area is 82.6 Å². The highest BCUT2D eigenvalue weighted by Gasteiger charge is 1.99. The molecule has 0 bridgehead atoms. The first-order valence-corrected chi connectivity index (χ1v) is 4.43. The molecule has 0 saturated carbocycles. The van der Waals surface area contributed by atoms with Gasteiger partial charge in [-0.05, 0) is 6.54 Å². The molecule has 82 valence electrons. The fraction of sp³-hybridized carbons (Fsp3) is 0.750. The summed E-state index contributed by atoms with van der Waals surface area (Å²) in [4.78, 5) is 21.0. The Morgan fingerprint density at radius 3 is 2.71 bits per heavy atom. The third kappa shape index (κ3) is 8.95. The minimum Gasteiger partial charge on any atom is -0.480 e. The molecule has 0 spiro atoms. The lowest BCUT2D eigenvalue weighted by Gasteiger charge is -2.05. The van der Waals surface area contributed by atoms with Gasteiger partial charge in [-0.2, -0.15) is 0 Å². The molecule has 0 rings (SSSR count). The van der Waals surface area contributed by atoms with Crippen LogP contribution in [0.3, 0.4) is 0 Å². The van der Waals surface area contributed by atoms with E-state index in [1.54, 1.807) is 0 Å². The number of carbonyl (C=O) groups is 2. The first-order chi connectivity index (χ1) is 6.66. The normalized spacial score (nSPS) is 9.79. The Kier molecular flexibility index (Phi) is 7.77. The van der Waals surface area contributed by atoms with E-state index in [0.29, 0.717) is 6.54 Å². The van der Waals surface area contributed by atoms with Gasteiger partial charge in [0.05, 0.1) is 13.2 Å². The van der Waals surface area contributed by atoms with E-state index in [9.17, 15) is 9.59 Å². The summed E-state index contributed by atoms with van der Waals surface area (Å²) >= 11 is 0. The van der Waals surface area contributed by atoms with E-state index >= 15 is 0 Å². The molecule has 1 amide bonds. The zero-order valence-corrected chi connectivity index (χ0v) is 8.21. The molecule has 3 N–H and O–H groups in total. The lowest BCUT2D eigenvalue weighted by Crippen LogP contribution is -2.35. The number of carboxylic acids is 1. The highest BCUT2D eigenvalue weighted by molar-refractivity contribution is 5.77. The number of hydrogen-bond acceptors (Lipinski definition) is 4. The van der Waals surface area contributed by atoms with Crippen LogP contribution in [0.25, 0.3) is 0 Å². The second-order valence-corrected chi connectivity index (χ2v) is 2.58. The van der Waals surface area contributed by atoms with Gasteiger partial charge in [0.25, 0.3) is 0 Å². The number of carbonyl (C=O) groups excluding carboxylic acids is 1. The number of ether oxygens (including phenoxy) is 1. The van der Waals surface area contributed by atoms with E-state index in [4.69, 9.17) is 9.84 Å². The van der Waals surface area contributed by atoms with Crippen LogP contribution in [0.4, 0.5) is 0 Å². The molecule has 0 unspecified atom stereocenters. The van der Waals surface area contributed by atoms with Crippen molar-refractivity contribution in [1.29, 1.82) is 0 Å². The minimum absolute atomic E-state index is 0.120. The molecule has 0 radical (unpaired) electrons. The van der Waals surface area contributed by atoms with Crippen LogP contribution in [0.1, 0.15) is 6.92 Å². The van der Waals surface area contributed by atoms with Crippen LogP contribution >= 0.6 is 0 Å². The summed E-state index contributed by atoms with van der Waals surface area (Å²) in [5.41, 5.74) is 0. The van der Waals surface area contributed by atoms with Crippen LogP contribution in [-0.2, 0) is 14.3 Å². The molecular weight excluding hydrogens is 188 g/mol. The predicted octanol–water partition coefficient (Wildman–Crippen LogP) is -1.19. The molecule has 0 fully saturated rings. The molecular formula is C8H16N2O4. The highest BCUT2D eigenvalue weighted by atomic mass is 16.5. The van der Waals surface area contributed by atoms with Crippen LogP contribution < -0.4 is 10.6 Å². The summed E-state index contributed by atoms with van der Waals surface area (Å²) in [5, 5.41) is 13.6. The monoisotopic (exact) mass is 204 g/mol. The zero-order valence-electron chi connectivity index (χ0n) is 8.21. The Hall–Kier alpha value is -1.14. The number of rotatable bonds is 8. The molecule has 0 atom stereocenters. The molecule has 6 nitrogen and oxygen atoms in total. The van der Waals surface area contributed by atoms with Crippen molar-refractivity contribution >= 4 is 11.9 Å². The predicted molar refractivity (Wildman–Crippen MR) is 50.0 cm³/mol. The molecule has 6 heteroatoms. The van der Waals surface area contributed by atoms with Gasteiger partial charge in [-0.15, -0.1) is 0 Å². The molecule has 0 aromatic heterocycles. The van der Waals surface area contributed by atoms with Crippen LogP contribution in [-0.4, -0.2) is 49.8 Å². The Morgan fingerprint density at radius 2 is 2.14 bits per heavy atom. The lowest BCUT2D eigenvalue weighted by molar-refractivity contribution is -0.142. The fourth-order valence-electron chi connectivity index (χ4n) is 0.723. The van der Waals surface area contributed by atoms with Crippen LogP contribution in [0, 0.1) is 0 Å². The van der Waals surface area contributed by atoms with E-state index in [1.165, 1.54) is 0 Å². The van der Waals surface area contributed by atoms with Gasteiger partial charge in [0.1, 0.15) is 6.61 Å². The summed E-state index contributed by atoms with van der Waals surface area (Å²) in [6.45, 7) is 3.13. The van der Waals surface area contributed by atoms with Crippen LogP contribution in [0.5, 0.6) is 0 Å². The van der Waals surface area contributed by atoms with E-state index < -0.39 is 5.97 Å². The van der Waals surface area contributed by atoms with E-state index in [1.807, 2.05) is 6.92 Å². The third-order valence-corrected chi connectivity index (χ3v) is 1.33. The van der Waals surface area contributed by atoms with Crippen molar-refractivity contribution in [2.45, 2.75) is 6.92 Å². The first kappa shape index (κ1) is 12.9. The van der Waals surface area contributed by atoms with Crippen molar-refractivity contribution in [2.24, 2.45) is 0 Å². The van der Waals surface area contributed by atoms with Gasteiger partial charge in [0.2, 0.25) is 5.91 Å². The smallest absolute Gasteiger partial charge is 0.329 e. The maximum absolute atomic E-state index is 11.0. The summed E-state index contributed by atoms with van der Waals surface area (Å²) in [5.74, 6) is -1.13. The minimum atomic E-state index is -1.01. The average molecular weight is 204 g/mol. The van der Waals surface area contributed by atoms with Crippen molar-refractivity contribution in [1.82, 2.24) is 10.6 Å². The molecule has 0 aliphatic heterocycles. The standard InChI is InChI=1S/C8H16N2O4/c1-2-9-5-7(11)10-3-4-14-6-8(12)13/h9H,2-6H2,1H3,(H,10,11)(H,12,13). The lowest BCUT2D eigenvalue weighted by atomic mass is 10.5. The third-order valence-electron chi connectivity index (χ3n) is 1.33. The maximum atomic E-state index is 11.0. The molecule has 0 aromatic rings. The van der Waals surface area contributed by atoms with Gasteiger partial charge in [-0.25, -0.2) is 4.79 Å². The number of likely N-dealkylation sites (N-methyl/N-ethyl adjacent to an activating group) is 1. The summed E-state index contributed by atoms with van der Waals surface area (Å²) in [6.07, 6.45) is 0. The molecule has 0 aliphatic rings. The second-order valence-electron chi connectivity index (χ2n) is 2.58. The first-order valence-electron chi connectivity index (χ1n) is 4.43. The van der Waals surface area contributed by atoms with Crippen molar-refractivity contribution < 1.29 is 19.4 Å². The van der Waals surface area contributed by atoms with Crippen molar-refractivity contribution in [3.63, 3.8) is 0 Å². The Morgan fingerprint density at radius 1 is 1.43 bits per heavy atom. The average Bonchev–Trinajstić information content (AvgIpc) is 2.13. The zero-order chi connectivity index (χ0) is 10.8. The molecule has 0 aromatic carbocycles. The molecule has 0 aliphatic carbocycles. The van der Waals surface area contributed by atoms with Crippen molar-refractivity contribution in [3.8, 4) is 0 Å². The van der Waals surface area contributed by atoms with Gasteiger partial charge in [0, 0.05) is 6.54 Å². The topological polar surface area (TPSA) is 87.7 Å². The second kappa shape index (κ2) is 8.46. The van der Waals surface area contributed by atoms with E-state index in [-0.39, 0.29) is 25.7 Å². The largest absolute Gasteiger partial charge is 0.480 e. The maximum Gasteiger partial charge on any atom is 0.329 e.